The lowest BCUT2D eigenvalue weighted by molar-refractivity contribution is 0.0950. The van der Waals surface area contributed by atoms with Crippen LogP contribution in [-0.4, -0.2) is 16.0 Å². The molecule has 0 spiro atoms. The number of carbonyl (C=O) groups is 1. The fraction of sp³-hybridized carbons (Fsp3) is 0.118. The van der Waals surface area contributed by atoms with Crippen LogP contribution in [0.1, 0.15) is 21.7 Å². The fourth-order valence-electron chi connectivity index (χ4n) is 2.21. The molecule has 1 aromatic carbocycles. The van der Waals surface area contributed by atoms with Crippen LogP contribution in [0.4, 0.5) is 4.39 Å². The third-order valence-corrected chi connectivity index (χ3v) is 3.39. The molecule has 0 atom stereocenters. The van der Waals surface area contributed by atoms with E-state index in [-0.39, 0.29) is 18.3 Å². The molecule has 0 saturated carbocycles. The highest BCUT2D eigenvalue weighted by Crippen LogP contribution is 2.24. The van der Waals surface area contributed by atoms with Crippen molar-refractivity contribution in [1.29, 1.82) is 0 Å². The van der Waals surface area contributed by atoms with Gasteiger partial charge in [0, 0.05) is 24.5 Å². The first-order chi connectivity index (χ1) is 11.1. The topological polar surface area (TPSA) is 68.0 Å². The van der Waals surface area contributed by atoms with Crippen LogP contribution in [0.2, 0.25) is 0 Å². The number of benzene rings is 1. The van der Waals surface area contributed by atoms with E-state index in [4.69, 9.17) is 4.52 Å². The maximum Gasteiger partial charge on any atom is 0.257 e. The first-order valence-corrected chi connectivity index (χ1v) is 7.04. The maximum atomic E-state index is 12.9. The SMILES string of the molecule is Cc1onc(-c2cccnc2)c1C(=O)NCc1ccc(F)cc1. The lowest BCUT2D eigenvalue weighted by Gasteiger charge is -2.06. The molecule has 0 aliphatic heterocycles. The molecule has 0 radical (unpaired) electrons. The number of rotatable bonds is 4. The Hall–Kier alpha value is -3.02. The lowest BCUT2D eigenvalue weighted by Crippen LogP contribution is -2.23. The molecule has 2 heterocycles. The van der Waals surface area contributed by atoms with E-state index in [0.717, 1.165) is 5.56 Å². The first kappa shape index (κ1) is 14.9. The van der Waals surface area contributed by atoms with Gasteiger partial charge in [0.25, 0.3) is 5.91 Å². The van der Waals surface area contributed by atoms with Gasteiger partial charge in [-0.25, -0.2) is 4.39 Å². The minimum Gasteiger partial charge on any atom is -0.360 e. The van der Waals surface area contributed by atoms with Crippen LogP contribution in [0.15, 0.2) is 53.3 Å². The van der Waals surface area contributed by atoms with Crippen molar-refractivity contribution in [1.82, 2.24) is 15.5 Å². The van der Waals surface area contributed by atoms with E-state index in [2.05, 4.69) is 15.5 Å². The summed E-state index contributed by atoms with van der Waals surface area (Å²) in [6.45, 7) is 1.97. The van der Waals surface area contributed by atoms with Gasteiger partial charge in [-0.05, 0) is 36.8 Å². The summed E-state index contributed by atoms with van der Waals surface area (Å²) < 4.78 is 18.0. The van der Waals surface area contributed by atoms with Crippen LogP contribution in [0.5, 0.6) is 0 Å². The van der Waals surface area contributed by atoms with Crippen molar-refractivity contribution in [3.05, 3.63) is 71.5 Å². The van der Waals surface area contributed by atoms with Crippen molar-refractivity contribution in [2.45, 2.75) is 13.5 Å². The van der Waals surface area contributed by atoms with E-state index in [1.165, 1.54) is 12.1 Å². The number of aryl methyl sites for hydroxylation is 1. The smallest absolute Gasteiger partial charge is 0.257 e. The van der Waals surface area contributed by atoms with Crippen LogP contribution in [0, 0.1) is 12.7 Å². The second-order valence-electron chi connectivity index (χ2n) is 5.01. The molecule has 23 heavy (non-hydrogen) atoms. The Morgan fingerprint density at radius 1 is 1.26 bits per heavy atom. The van der Waals surface area contributed by atoms with E-state index in [9.17, 15) is 9.18 Å². The Morgan fingerprint density at radius 3 is 2.74 bits per heavy atom. The van der Waals surface area contributed by atoms with Gasteiger partial charge in [0.15, 0.2) is 0 Å². The fourth-order valence-corrected chi connectivity index (χ4v) is 2.21. The Morgan fingerprint density at radius 2 is 2.04 bits per heavy atom. The van der Waals surface area contributed by atoms with Gasteiger partial charge in [0.2, 0.25) is 0 Å². The summed E-state index contributed by atoms with van der Waals surface area (Å²) in [4.78, 5) is 16.5. The van der Waals surface area contributed by atoms with Crippen molar-refractivity contribution in [2.75, 3.05) is 0 Å². The number of amides is 1. The number of halogens is 1. The Labute approximate surface area is 132 Å². The number of carbonyl (C=O) groups excluding carboxylic acids is 1. The number of hydrogen-bond acceptors (Lipinski definition) is 4. The summed E-state index contributed by atoms with van der Waals surface area (Å²) >= 11 is 0. The molecule has 1 N–H and O–H groups in total. The van der Waals surface area contributed by atoms with Crippen LogP contribution < -0.4 is 5.32 Å². The molecular formula is C17H14FN3O2. The average Bonchev–Trinajstić information content (AvgIpc) is 2.96. The molecule has 0 unspecified atom stereocenters. The summed E-state index contributed by atoms with van der Waals surface area (Å²) in [6, 6.07) is 9.53. The van der Waals surface area contributed by atoms with Gasteiger partial charge in [-0.2, -0.15) is 0 Å². The van der Waals surface area contributed by atoms with Crippen molar-refractivity contribution in [2.24, 2.45) is 0 Å². The van der Waals surface area contributed by atoms with Gasteiger partial charge in [-0.15, -0.1) is 0 Å². The third-order valence-electron chi connectivity index (χ3n) is 3.39. The predicted molar refractivity (Wildman–Crippen MR) is 82.0 cm³/mol. The number of hydrogen-bond donors (Lipinski definition) is 1. The molecule has 0 aliphatic carbocycles. The van der Waals surface area contributed by atoms with Crippen molar-refractivity contribution >= 4 is 5.91 Å². The van der Waals surface area contributed by atoms with Gasteiger partial charge in [-0.1, -0.05) is 17.3 Å². The summed E-state index contributed by atoms with van der Waals surface area (Å²) in [5.74, 6) is -0.179. The zero-order chi connectivity index (χ0) is 16.2. The van der Waals surface area contributed by atoms with Crippen molar-refractivity contribution in [3.63, 3.8) is 0 Å². The second-order valence-corrected chi connectivity index (χ2v) is 5.01. The van der Waals surface area contributed by atoms with E-state index in [1.807, 2.05) is 0 Å². The normalized spacial score (nSPS) is 10.5. The molecule has 3 rings (SSSR count). The predicted octanol–water partition coefficient (Wildman–Crippen LogP) is 3.11. The molecule has 0 saturated heterocycles. The first-order valence-electron chi connectivity index (χ1n) is 7.04. The summed E-state index contributed by atoms with van der Waals surface area (Å²) in [5.41, 5.74) is 2.33. The number of nitrogens with one attached hydrogen (secondary N) is 1. The average molecular weight is 311 g/mol. The Balaban J connectivity index is 1.80. The minimum absolute atomic E-state index is 0.288. The van der Waals surface area contributed by atoms with Crippen LogP contribution in [-0.2, 0) is 6.54 Å². The van der Waals surface area contributed by atoms with E-state index in [0.29, 0.717) is 22.6 Å². The molecule has 6 heteroatoms. The van der Waals surface area contributed by atoms with Crippen LogP contribution in [0.25, 0.3) is 11.3 Å². The van der Waals surface area contributed by atoms with Gasteiger partial charge in [0.05, 0.1) is 0 Å². The highest BCUT2D eigenvalue weighted by Gasteiger charge is 2.21. The van der Waals surface area contributed by atoms with Gasteiger partial charge in [-0.3, -0.25) is 9.78 Å². The molecule has 2 aromatic heterocycles. The zero-order valence-electron chi connectivity index (χ0n) is 12.4. The minimum atomic E-state index is -0.311. The molecule has 116 valence electrons. The van der Waals surface area contributed by atoms with E-state index < -0.39 is 0 Å². The van der Waals surface area contributed by atoms with E-state index in [1.54, 1.807) is 43.6 Å². The Kier molecular flexibility index (Phi) is 4.14. The quantitative estimate of drug-likeness (QED) is 0.804. The number of nitrogens with zero attached hydrogens (tertiary/aromatic N) is 2. The molecule has 3 aromatic rings. The molecule has 5 nitrogen and oxygen atoms in total. The highest BCUT2D eigenvalue weighted by molar-refractivity contribution is 6.00. The maximum absolute atomic E-state index is 12.9. The second kappa shape index (κ2) is 6.39. The van der Waals surface area contributed by atoms with E-state index >= 15 is 0 Å². The standard InChI is InChI=1S/C17H14FN3O2/c1-11-15(16(21-23-11)13-3-2-8-19-10-13)17(22)20-9-12-4-6-14(18)7-5-12/h2-8,10H,9H2,1H3,(H,20,22). The summed E-state index contributed by atoms with van der Waals surface area (Å²) in [7, 11) is 0. The number of pyridine rings is 1. The molecule has 0 aliphatic rings. The summed E-state index contributed by atoms with van der Waals surface area (Å²) in [6.07, 6.45) is 3.26. The molecule has 0 bridgehead atoms. The van der Waals surface area contributed by atoms with Crippen molar-refractivity contribution in [3.8, 4) is 11.3 Å². The number of aromatic nitrogens is 2. The Bertz CT molecular complexity index is 814. The molecular weight excluding hydrogens is 297 g/mol. The monoisotopic (exact) mass is 311 g/mol. The summed E-state index contributed by atoms with van der Waals surface area (Å²) in [5, 5.41) is 6.74. The largest absolute Gasteiger partial charge is 0.360 e. The highest BCUT2D eigenvalue weighted by atomic mass is 19.1. The van der Waals surface area contributed by atoms with Crippen LogP contribution in [0.3, 0.4) is 0 Å². The van der Waals surface area contributed by atoms with Crippen molar-refractivity contribution < 1.29 is 13.7 Å². The third kappa shape index (κ3) is 3.26. The van der Waals surface area contributed by atoms with Gasteiger partial charge >= 0.3 is 0 Å². The molecule has 1 amide bonds. The molecule has 0 fully saturated rings. The lowest BCUT2D eigenvalue weighted by atomic mass is 10.1. The zero-order valence-corrected chi connectivity index (χ0v) is 12.4. The van der Waals surface area contributed by atoms with Crippen LogP contribution >= 0.6 is 0 Å². The van der Waals surface area contributed by atoms with Gasteiger partial charge < -0.3 is 9.84 Å². The van der Waals surface area contributed by atoms with Gasteiger partial charge in [0.1, 0.15) is 22.8 Å².